The predicted octanol–water partition coefficient (Wildman–Crippen LogP) is 4.91. The number of carboxylic acid groups (broad SMARTS) is 1. The smallest absolute Gasteiger partial charge is 0.307 e. The number of carbonyl (C=O) groups is 1. The van der Waals surface area contributed by atoms with Gasteiger partial charge in [-0.3, -0.25) is 9.36 Å². The summed E-state index contributed by atoms with van der Waals surface area (Å²) in [7, 11) is -3.59. The van der Waals surface area contributed by atoms with Crippen LogP contribution in [0.3, 0.4) is 0 Å². The Morgan fingerprint density at radius 3 is 2.26 bits per heavy atom. The summed E-state index contributed by atoms with van der Waals surface area (Å²) in [6.07, 6.45) is 4.47. The van der Waals surface area contributed by atoms with Crippen LogP contribution >= 0.6 is 7.37 Å². The molecule has 0 saturated carbocycles. The van der Waals surface area contributed by atoms with E-state index in [1.165, 1.54) is 0 Å². The summed E-state index contributed by atoms with van der Waals surface area (Å²) in [5.74, 6) is -1.69. The van der Waals surface area contributed by atoms with Crippen LogP contribution in [0.15, 0.2) is 30.3 Å². The van der Waals surface area contributed by atoms with Gasteiger partial charge in [0.2, 0.25) is 7.37 Å². The highest BCUT2D eigenvalue weighted by Gasteiger charge is 2.39. The maximum atomic E-state index is 13.0. The fourth-order valence-corrected chi connectivity index (χ4v) is 5.43. The quantitative estimate of drug-likeness (QED) is 0.443. The molecule has 0 aliphatic carbocycles. The van der Waals surface area contributed by atoms with Crippen LogP contribution in [0.5, 0.6) is 0 Å². The fourth-order valence-electron chi connectivity index (χ4n) is 3.04. The number of hydrogen-bond acceptors (Lipinski definition) is 2. The monoisotopic (exact) mass is 340 g/mol. The Morgan fingerprint density at radius 2 is 1.74 bits per heavy atom. The maximum Gasteiger partial charge on any atom is 0.307 e. The van der Waals surface area contributed by atoms with Crippen molar-refractivity contribution in [3.05, 3.63) is 35.9 Å². The average molecular weight is 340 g/mol. The molecule has 0 amide bonds. The largest absolute Gasteiger partial charge is 0.481 e. The number of aliphatic carboxylic acids is 1. The molecule has 0 spiro atoms. The van der Waals surface area contributed by atoms with Gasteiger partial charge in [-0.05, 0) is 18.4 Å². The molecule has 0 aliphatic rings. The first-order valence-corrected chi connectivity index (χ1v) is 10.4. The minimum absolute atomic E-state index is 0.0537. The van der Waals surface area contributed by atoms with E-state index in [4.69, 9.17) is 0 Å². The first-order valence-electron chi connectivity index (χ1n) is 8.50. The van der Waals surface area contributed by atoms with Crippen molar-refractivity contribution in [3.63, 3.8) is 0 Å². The van der Waals surface area contributed by atoms with Crippen molar-refractivity contribution in [2.75, 3.05) is 0 Å². The van der Waals surface area contributed by atoms with Crippen molar-refractivity contribution >= 4 is 13.3 Å². The molecule has 0 saturated heterocycles. The Balaban J connectivity index is 2.99. The molecule has 0 aliphatic heterocycles. The van der Waals surface area contributed by atoms with Crippen LogP contribution in [0.25, 0.3) is 0 Å². The zero-order chi connectivity index (χ0) is 17.3. The lowest BCUT2D eigenvalue weighted by Crippen LogP contribution is -2.29. The molecule has 1 rings (SSSR count). The molecule has 2 N–H and O–H groups in total. The van der Waals surface area contributed by atoms with Gasteiger partial charge in [-0.25, -0.2) is 0 Å². The molecular formula is C18H29O4P. The SMILES string of the molecule is CCCCCC(C(CCC)C(=O)O)P(=O)(O)Cc1ccccc1. The molecule has 130 valence electrons. The van der Waals surface area contributed by atoms with E-state index in [0.29, 0.717) is 19.3 Å². The van der Waals surface area contributed by atoms with Crippen molar-refractivity contribution in [2.45, 2.75) is 64.2 Å². The molecule has 1 aromatic carbocycles. The zero-order valence-electron chi connectivity index (χ0n) is 14.1. The van der Waals surface area contributed by atoms with Gasteiger partial charge < -0.3 is 10.00 Å². The highest BCUT2D eigenvalue weighted by Crippen LogP contribution is 2.55. The summed E-state index contributed by atoms with van der Waals surface area (Å²) >= 11 is 0. The van der Waals surface area contributed by atoms with Gasteiger partial charge in [0.15, 0.2) is 0 Å². The highest BCUT2D eigenvalue weighted by molar-refractivity contribution is 7.58. The van der Waals surface area contributed by atoms with Gasteiger partial charge >= 0.3 is 5.97 Å². The van der Waals surface area contributed by atoms with E-state index >= 15 is 0 Å². The third-order valence-electron chi connectivity index (χ3n) is 4.25. The summed E-state index contributed by atoms with van der Waals surface area (Å²) in [5, 5.41) is 9.53. The lowest BCUT2D eigenvalue weighted by atomic mass is 9.95. The second-order valence-electron chi connectivity index (χ2n) is 6.20. The first-order chi connectivity index (χ1) is 10.9. The molecule has 0 fully saturated rings. The Bertz CT molecular complexity index is 515. The average Bonchev–Trinajstić information content (AvgIpc) is 2.50. The number of hydrogen-bond donors (Lipinski definition) is 2. The first kappa shape index (κ1) is 19.9. The fraction of sp³-hybridized carbons (Fsp3) is 0.611. The minimum atomic E-state index is -3.59. The van der Waals surface area contributed by atoms with Crippen molar-refractivity contribution in [2.24, 2.45) is 5.92 Å². The lowest BCUT2D eigenvalue weighted by Gasteiger charge is -2.28. The molecule has 3 unspecified atom stereocenters. The lowest BCUT2D eigenvalue weighted by molar-refractivity contribution is -0.142. The van der Waals surface area contributed by atoms with E-state index in [-0.39, 0.29) is 6.16 Å². The Hall–Kier alpha value is -1.12. The van der Waals surface area contributed by atoms with Gasteiger partial charge in [0.1, 0.15) is 0 Å². The molecule has 4 nitrogen and oxygen atoms in total. The minimum Gasteiger partial charge on any atom is -0.481 e. The van der Waals surface area contributed by atoms with Crippen molar-refractivity contribution < 1.29 is 19.4 Å². The van der Waals surface area contributed by atoms with E-state index in [1.807, 2.05) is 37.3 Å². The standard InChI is InChI=1S/C18H29O4P/c1-3-5-7-13-17(16(10-4-2)18(19)20)23(21,22)14-15-11-8-6-9-12-15/h6,8-9,11-12,16-17H,3-5,7,10,13-14H2,1-2H3,(H,19,20)(H,21,22). The van der Waals surface area contributed by atoms with E-state index in [1.54, 1.807) is 0 Å². The van der Waals surface area contributed by atoms with Crippen LogP contribution in [0.2, 0.25) is 0 Å². The van der Waals surface area contributed by atoms with E-state index in [2.05, 4.69) is 6.92 Å². The Kier molecular flexibility index (Phi) is 8.57. The normalized spacial score (nSPS) is 16.5. The Labute approximate surface area is 139 Å². The molecule has 0 aromatic heterocycles. The number of carboxylic acids is 1. The third kappa shape index (κ3) is 6.48. The molecular weight excluding hydrogens is 311 g/mol. The third-order valence-corrected chi connectivity index (χ3v) is 6.73. The van der Waals surface area contributed by atoms with Crippen LogP contribution in [-0.2, 0) is 15.5 Å². The maximum absolute atomic E-state index is 13.0. The molecule has 0 bridgehead atoms. The van der Waals surface area contributed by atoms with E-state index in [0.717, 1.165) is 24.8 Å². The summed E-state index contributed by atoms with van der Waals surface area (Å²) in [5.41, 5.74) is 0.131. The summed E-state index contributed by atoms with van der Waals surface area (Å²) in [6.45, 7) is 3.98. The van der Waals surface area contributed by atoms with Crippen molar-refractivity contribution in [3.8, 4) is 0 Å². The molecule has 5 heteroatoms. The molecule has 0 radical (unpaired) electrons. The number of unbranched alkanes of at least 4 members (excludes halogenated alkanes) is 2. The van der Waals surface area contributed by atoms with Gasteiger partial charge in [0.25, 0.3) is 0 Å². The van der Waals surface area contributed by atoms with Gasteiger partial charge in [-0.1, -0.05) is 69.9 Å². The highest BCUT2D eigenvalue weighted by atomic mass is 31.2. The second kappa shape index (κ2) is 9.89. The number of rotatable bonds is 11. The van der Waals surface area contributed by atoms with Crippen LogP contribution < -0.4 is 0 Å². The molecule has 1 aromatic rings. The molecule has 3 atom stereocenters. The molecule has 23 heavy (non-hydrogen) atoms. The zero-order valence-corrected chi connectivity index (χ0v) is 15.0. The predicted molar refractivity (Wildman–Crippen MR) is 93.9 cm³/mol. The summed E-state index contributed by atoms with van der Waals surface area (Å²) in [4.78, 5) is 22.3. The van der Waals surface area contributed by atoms with Gasteiger partial charge in [-0.2, -0.15) is 0 Å². The van der Waals surface area contributed by atoms with Gasteiger partial charge in [0.05, 0.1) is 5.92 Å². The second-order valence-corrected chi connectivity index (χ2v) is 8.69. The van der Waals surface area contributed by atoms with Crippen LogP contribution in [0.1, 0.15) is 57.9 Å². The topological polar surface area (TPSA) is 74.6 Å². The number of benzene rings is 1. The van der Waals surface area contributed by atoms with Crippen LogP contribution in [0.4, 0.5) is 0 Å². The van der Waals surface area contributed by atoms with Crippen LogP contribution in [0, 0.1) is 5.92 Å². The summed E-state index contributed by atoms with van der Waals surface area (Å²) in [6, 6.07) is 9.18. The van der Waals surface area contributed by atoms with Crippen molar-refractivity contribution in [1.82, 2.24) is 0 Å². The van der Waals surface area contributed by atoms with Gasteiger partial charge in [-0.15, -0.1) is 0 Å². The van der Waals surface area contributed by atoms with Crippen molar-refractivity contribution in [1.29, 1.82) is 0 Å². The van der Waals surface area contributed by atoms with Crippen LogP contribution in [-0.4, -0.2) is 21.6 Å². The van der Waals surface area contributed by atoms with E-state index < -0.39 is 24.9 Å². The van der Waals surface area contributed by atoms with E-state index in [9.17, 15) is 19.4 Å². The summed E-state index contributed by atoms with van der Waals surface area (Å²) < 4.78 is 13.0. The van der Waals surface area contributed by atoms with Gasteiger partial charge in [0, 0.05) is 11.8 Å². The Morgan fingerprint density at radius 1 is 1.09 bits per heavy atom. The molecule has 0 heterocycles.